The molecule has 0 saturated carbocycles. The molecular formula is C15H25N5O. The Morgan fingerprint density at radius 1 is 1.19 bits per heavy atom. The highest BCUT2D eigenvalue weighted by Gasteiger charge is 2.34. The maximum absolute atomic E-state index is 9.68. The lowest BCUT2D eigenvalue weighted by Gasteiger charge is -2.30. The van der Waals surface area contributed by atoms with Crippen LogP contribution in [0, 0.1) is 11.8 Å². The number of rotatable bonds is 4. The molecule has 2 fully saturated rings. The van der Waals surface area contributed by atoms with E-state index in [2.05, 4.69) is 19.8 Å². The van der Waals surface area contributed by atoms with E-state index in [1.54, 1.807) is 6.20 Å². The lowest BCUT2D eigenvalue weighted by Crippen LogP contribution is -2.37. The second-order valence-corrected chi connectivity index (χ2v) is 6.24. The van der Waals surface area contributed by atoms with E-state index < -0.39 is 0 Å². The van der Waals surface area contributed by atoms with E-state index in [9.17, 15) is 5.11 Å². The van der Waals surface area contributed by atoms with Gasteiger partial charge in [0.25, 0.3) is 0 Å². The molecule has 3 heterocycles. The molecule has 2 aliphatic rings. The fraction of sp³-hybridized carbons (Fsp3) is 0.733. The average molecular weight is 291 g/mol. The zero-order valence-corrected chi connectivity index (χ0v) is 12.5. The number of aliphatic hydroxyl groups is 1. The molecule has 2 saturated heterocycles. The van der Waals surface area contributed by atoms with E-state index >= 15 is 0 Å². The van der Waals surface area contributed by atoms with E-state index in [1.807, 2.05) is 6.07 Å². The number of anilines is 2. The van der Waals surface area contributed by atoms with Gasteiger partial charge in [0.15, 0.2) is 0 Å². The molecule has 0 bridgehead atoms. The lowest BCUT2D eigenvalue weighted by atomic mass is 9.95. The topological polar surface area (TPSA) is 78.5 Å². The zero-order chi connectivity index (χ0) is 14.7. The first-order valence-corrected chi connectivity index (χ1v) is 7.93. The molecule has 3 N–H and O–H groups in total. The third-order valence-electron chi connectivity index (χ3n) is 4.74. The van der Waals surface area contributed by atoms with Gasteiger partial charge < -0.3 is 20.6 Å². The quantitative estimate of drug-likeness (QED) is 0.845. The molecule has 1 aromatic heterocycles. The summed E-state index contributed by atoms with van der Waals surface area (Å²) in [5, 5.41) is 9.68. The van der Waals surface area contributed by atoms with Crippen molar-refractivity contribution >= 4 is 11.8 Å². The summed E-state index contributed by atoms with van der Waals surface area (Å²) in [6.45, 7) is 5.53. The number of nitrogen functional groups attached to an aromatic ring is 1. The third kappa shape index (κ3) is 3.44. The number of aromatic nitrogens is 2. The van der Waals surface area contributed by atoms with Crippen molar-refractivity contribution < 1.29 is 5.11 Å². The van der Waals surface area contributed by atoms with Crippen LogP contribution < -0.4 is 10.6 Å². The number of hydrogen-bond acceptors (Lipinski definition) is 6. The second-order valence-electron chi connectivity index (χ2n) is 6.24. The predicted octanol–water partition coefficient (Wildman–Crippen LogP) is 0.589. The van der Waals surface area contributed by atoms with Crippen molar-refractivity contribution in [1.82, 2.24) is 14.9 Å². The van der Waals surface area contributed by atoms with Crippen LogP contribution in [0.3, 0.4) is 0 Å². The van der Waals surface area contributed by atoms with Crippen LogP contribution in [-0.4, -0.2) is 59.3 Å². The Bertz CT molecular complexity index is 463. The molecule has 3 rings (SSSR count). The zero-order valence-electron chi connectivity index (χ0n) is 12.5. The Morgan fingerprint density at radius 2 is 1.95 bits per heavy atom. The Kier molecular flexibility index (Phi) is 4.55. The minimum Gasteiger partial charge on any atom is -0.396 e. The second kappa shape index (κ2) is 6.58. The summed E-state index contributed by atoms with van der Waals surface area (Å²) >= 11 is 0. The van der Waals surface area contributed by atoms with Crippen molar-refractivity contribution in [2.75, 3.05) is 50.0 Å². The molecule has 0 spiro atoms. The molecule has 6 heteroatoms. The van der Waals surface area contributed by atoms with Crippen LogP contribution >= 0.6 is 0 Å². The van der Waals surface area contributed by atoms with Gasteiger partial charge in [-0.1, -0.05) is 6.42 Å². The normalized spacial score (nSPS) is 27.2. The molecule has 1 aromatic rings. The Balaban J connectivity index is 1.64. The van der Waals surface area contributed by atoms with Crippen LogP contribution in [-0.2, 0) is 0 Å². The monoisotopic (exact) mass is 291 g/mol. The SMILES string of the molecule is Nc1nccc(N2C[C@@H](CN3CCCCC3)[C@@H](CO)C2)n1. The summed E-state index contributed by atoms with van der Waals surface area (Å²) in [7, 11) is 0. The van der Waals surface area contributed by atoms with Gasteiger partial charge in [-0.05, 0) is 37.9 Å². The van der Waals surface area contributed by atoms with E-state index in [0.29, 0.717) is 17.8 Å². The number of piperidine rings is 1. The van der Waals surface area contributed by atoms with Crippen molar-refractivity contribution in [3.05, 3.63) is 12.3 Å². The Hall–Kier alpha value is -1.40. The summed E-state index contributed by atoms with van der Waals surface area (Å²) in [4.78, 5) is 13.0. The molecule has 2 atom stereocenters. The van der Waals surface area contributed by atoms with Crippen molar-refractivity contribution in [1.29, 1.82) is 0 Å². The summed E-state index contributed by atoms with van der Waals surface area (Å²) < 4.78 is 0. The predicted molar refractivity (Wildman–Crippen MR) is 83.0 cm³/mol. The average Bonchev–Trinajstić information content (AvgIpc) is 2.91. The fourth-order valence-electron chi connectivity index (χ4n) is 3.55. The van der Waals surface area contributed by atoms with Gasteiger partial charge in [0.2, 0.25) is 5.95 Å². The summed E-state index contributed by atoms with van der Waals surface area (Å²) in [6, 6.07) is 1.90. The molecule has 2 aliphatic heterocycles. The molecule has 0 unspecified atom stereocenters. The van der Waals surface area contributed by atoms with Gasteiger partial charge in [0.1, 0.15) is 5.82 Å². The van der Waals surface area contributed by atoms with Crippen molar-refractivity contribution in [2.45, 2.75) is 19.3 Å². The summed E-state index contributed by atoms with van der Waals surface area (Å²) in [5.41, 5.74) is 5.67. The van der Waals surface area contributed by atoms with Gasteiger partial charge in [0, 0.05) is 38.4 Å². The van der Waals surface area contributed by atoms with Crippen LogP contribution in [0.2, 0.25) is 0 Å². The van der Waals surface area contributed by atoms with E-state index in [1.165, 1.54) is 32.4 Å². The molecule has 116 valence electrons. The van der Waals surface area contributed by atoms with Gasteiger partial charge in [0.05, 0.1) is 0 Å². The largest absolute Gasteiger partial charge is 0.396 e. The number of likely N-dealkylation sites (tertiary alicyclic amines) is 1. The van der Waals surface area contributed by atoms with Crippen LogP contribution in [0.25, 0.3) is 0 Å². The van der Waals surface area contributed by atoms with Gasteiger partial charge in [-0.15, -0.1) is 0 Å². The van der Waals surface area contributed by atoms with Crippen LogP contribution in [0.5, 0.6) is 0 Å². The molecule has 0 amide bonds. The third-order valence-corrected chi connectivity index (χ3v) is 4.74. The van der Waals surface area contributed by atoms with Crippen LogP contribution in [0.1, 0.15) is 19.3 Å². The molecule has 21 heavy (non-hydrogen) atoms. The molecule has 6 nitrogen and oxygen atoms in total. The first-order chi connectivity index (χ1) is 10.3. The lowest BCUT2D eigenvalue weighted by molar-refractivity contribution is 0.149. The standard InChI is InChI=1S/C15H25N5O/c16-15-17-5-4-14(18-15)20-9-12(13(10-20)11-21)8-19-6-2-1-3-7-19/h4-5,12-13,21H,1-3,6-11H2,(H2,16,17,18)/t12-,13-/m1/s1. The van der Waals surface area contributed by atoms with Crippen molar-refractivity contribution in [3.63, 3.8) is 0 Å². The smallest absolute Gasteiger partial charge is 0.221 e. The summed E-state index contributed by atoms with van der Waals surface area (Å²) in [5.74, 6) is 2.02. The highest BCUT2D eigenvalue weighted by atomic mass is 16.3. The van der Waals surface area contributed by atoms with Gasteiger partial charge >= 0.3 is 0 Å². The number of hydrogen-bond donors (Lipinski definition) is 2. The molecular weight excluding hydrogens is 266 g/mol. The first kappa shape index (κ1) is 14.5. The minimum atomic E-state index is 0.246. The molecule has 0 aliphatic carbocycles. The van der Waals surface area contributed by atoms with E-state index in [-0.39, 0.29) is 6.61 Å². The Morgan fingerprint density at radius 3 is 2.67 bits per heavy atom. The maximum atomic E-state index is 9.68. The van der Waals surface area contributed by atoms with Gasteiger partial charge in [-0.25, -0.2) is 4.98 Å². The van der Waals surface area contributed by atoms with Gasteiger partial charge in [-0.3, -0.25) is 0 Å². The Labute approximate surface area is 126 Å². The van der Waals surface area contributed by atoms with Crippen LogP contribution in [0.4, 0.5) is 11.8 Å². The number of nitrogens with two attached hydrogens (primary N) is 1. The molecule has 0 radical (unpaired) electrons. The first-order valence-electron chi connectivity index (χ1n) is 7.93. The maximum Gasteiger partial charge on any atom is 0.221 e. The van der Waals surface area contributed by atoms with Crippen LogP contribution in [0.15, 0.2) is 12.3 Å². The number of nitrogens with zero attached hydrogens (tertiary/aromatic N) is 4. The van der Waals surface area contributed by atoms with Crippen molar-refractivity contribution in [2.24, 2.45) is 11.8 Å². The van der Waals surface area contributed by atoms with E-state index in [0.717, 1.165) is 25.5 Å². The van der Waals surface area contributed by atoms with E-state index in [4.69, 9.17) is 5.73 Å². The van der Waals surface area contributed by atoms with Crippen molar-refractivity contribution in [3.8, 4) is 0 Å². The highest BCUT2D eigenvalue weighted by molar-refractivity contribution is 5.42. The number of aliphatic hydroxyl groups excluding tert-OH is 1. The fourth-order valence-corrected chi connectivity index (χ4v) is 3.55. The molecule has 0 aromatic carbocycles. The highest BCUT2D eigenvalue weighted by Crippen LogP contribution is 2.28. The van der Waals surface area contributed by atoms with Gasteiger partial charge in [-0.2, -0.15) is 4.98 Å². The summed E-state index contributed by atoms with van der Waals surface area (Å²) in [6.07, 6.45) is 5.67. The minimum absolute atomic E-state index is 0.246.